The van der Waals surface area contributed by atoms with Gasteiger partial charge in [-0.1, -0.05) is 0 Å². The molecule has 0 saturated carbocycles. The predicted octanol–water partition coefficient (Wildman–Crippen LogP) is 3.77. The second-order valence-corrected chi connectivity index (χ2v) is 6.84. The van der Waals surface area contributed by atoms with Crippen molar-refractivity contribution in [3.63, 3.8) is 0 Å². The molecule has 1 unspecified atom stereocenters. The molecular weight excluding hydrogens is 465 g/mol. The summed E-state index contributed by atoms with van der Waals surface area (Å²) in [7, 11) is 0. The second-order valence-electron chi connectivity index (χ2n) is 6.84. The minimum Gasteiger partial charge on any atom is -0.485 e. The van der Waals surface area contributed by atoms with E-state index in [2.05, 4.69) is 24.8 Å². The number of pyridine rings is 1. The molecule has 0 bridgehead atoms. The lowest BCUT2D eigenvalue weighted by molar-refractivity contribution is -0.148. The first-order valence-corrected chi connectivity index (χ1v) is 9.08. The van der Waals surface area contributed by atoms with E-state index >= 15 is 0 Å². The van der Waals surface area contributed by atoms with Gasteiger partial charge in [-0.25, -0.2) is 31.9 Å². The molecule has 0 fully saturated rings. The van der Waals surface area contributed by atoms with Crippen molar-refractivity contribution in [1.29, 1.82) is 0 Å². The summed E-state index contributed by atoms with van der Waals surface area (Å²) in [5.74, 6) is -10.1. The van der Waals surface area contributed by atoms with Crippen molar-refractivity contribution in [2.75, 3.05) is 18.5 Å². The number of hydrogen-bond acceptors (Lipinski definition) is 6. The van der Waals surface area contributed by atoms with E-state index in [1.54, 1.807) is 0 Å². The first-order valence-electron chi connectivity index (χ1n) is 9.08. The number of amides is 1. The molecule has 3 N–H and O–H groups in total. The van der Waals surface area contributed by atoms with Crippen LogP contribution in [0, 0.1) is 5.82 Å². The number of nitrogens with zero attached hydrogens (tertiary/aromatic N) is 2. The first kappa shape index (κ1) is 24.1. The zero-order valence-corrected chi connectivity index (χ0v) is 16.4. The molecule has 1 aliphatic heterocycles. The number of aromatic nitrogens is 1. The number of amidine groups is 1. The van der Waals surface area contributed by atoms with Crippen LogP contribution in [0.2, 0.25) is 0 Å². The van der Waals surface area contributed by atoms with E-state index in [0.717, 1.165) is 36.5 Å². The normalized spacial score (nSPS) is 17.8. The Balaban J connectivity index is 1.72. The van der Waals surface area contributed by atoms with Crippen LogP contribution >= 0.6 is 0 Å². The molecular formula is C19H15F7N4O3. The maximum Gasteiger partial charge on any atom is 0.340 e. The van der Waals surface area contributed by atoms with Crippen LogP contribution in [0.4, 0.5) is 36.4 Å². The van der Waals surface area contributed by atoms with Crippen molar-refractivity contribution < 1.29 is 45.0 Å². The van der Waals surface area contributed by atoms with E-state index in [1.807, 2.05) is 0 Å². The van der Waals surface area contributed by atoms with E-state index in [-0.39, 0.29) is 17.1 Å². The third-order valence-corrected chi connectivity index (χ3v) is 4.34. The molecule has 1 aromatic carbocycles. The lowest BCUT2D eigenvalue weighted by atomic mass is 9.99. The van der Waals surface area contributed by atoms with Crippen LogP contribution in [0.15, 0.2) is 41.5 Å². The highest BCUT2D eigenvalue weighted by molar-refractivity contribution is 6.02. The number of nitrogens with two attached hydrogens (primary N) is 1. The monoisotopic (exact) mass is 480 g/mol. The molecule has 2 heterocycles. The van der Waals surface area contributed by atoms with Crippen molar-refractivity contribution in [2.24, 2.45) is 10.7 Å². The number of ether oxygens (including phenoxy) is 2. The maximum atomic E-state index is 14.2. The van der Waals surface area contributed by atoms with Crippen LogP contribution in [0.3, 0.4) is 0 Å². The Bertz CT molecular complexity index is 1050. The van der Waals surface area contributed by atoms with Gasteiger partial charge in [-0.05, 0) is 30.3 Å². The Hall–Kier alpha value is -3.58. The zero-order valence-electron chi connectivity index (χ0n) is 16.4. The van der Waals surface area contributed by atoms with Gasteiger partial charge in [0.2, 0.25) is 0 Å². The molecule has 7 nitrogen and oxygen atoms in total. The highest BCUT2D eigenvalue weighted by Gasteiger charge is 2.46. The largest absolute Gasteiger partial charge is 0.485 e. The van der Waals surface area contributed by atoms with Crippen LogP contribution < -0.4 is 15.8 Å². The van der Waals surface area contributed by atoms with Gasteiger partial charge < -0.3 is 20.5 Å². The van der Waals surface area contributed by atoms with Crippen LogP contribution in [-0.2, 0) is 4.74 Å². The number of hydrogen-bond donors (Lipinski definition) is 2. The molecule has 0 saturated heterocycles. The van der Waals surface area contributed by atoms with Gasteiger partial charge in [-0.15, -0.1) is 0 Å². The molecule has 0 radical (unpaired) electrons. The van der Waals surface area contributed by atoms with Crippen LogP contribution in [-0.4, -0.2) is 48.4 Å². The van der Waals surface area contributed by atoms with Gasteiger partial charge >= 0.3 is 18.3 Å². The van der Waals surface area contributed by atoms with Gasteiger partial charge in [0.1, 0.15) is 17.3 Å². The standard InChI is InChI=1S/C19H15F7N4O3/c20-12-3-1-9(5-11(12)14-18(23,24)7-33-17(27)30-14)29-15(31)13-4-2-10(6-28-13)32-8-19(25,26)16(21)22/h1-6,14,16H,7-8H2,(H2,27,30)(H,29,31). The van der Waals surface area contributed by atoms with Crippen LogP contribution in [0.1, 0.15) is 22.1 Å². The Morgan fingerprint density at radius 1 is 1.30 bits per heavy atom. The molecule has 2 aromatic rings. The zero-order chi connectivity index (χ0) is 24.4. The van der Waals surface area contributed by atoms with Gasteiger partial charge in [-0.2, -0.15) is 8.78 Å². The average molecular weight is 480 g/mol. The molecule has 178 valence electrons. The van der Waals surface area contributed by atoms with E-state index in [9.17, 15) is 35.5 Å². The summed E-state index contributed by atoms with van der Waals surface area (Å²) in [5.41, 5.74) is 4.43. The molecule has 3 rings (SSSR count). The van der Waals surface area contributed by atoms with Crippen molar-refractivity contribution in [1.82, 2.24) is 4.98 Å². The Morgan fingerprint density at radius 2 is 2.03 bits per heavy atom. The van der Waals surface area contributed by atoms with Gasteiger partial charge in [0.15, 0.2) is 19.3 Å². The lowest BCUT2D eigenvalue weighted by Gasteiger charge is -2.28. The fraction of sp³-hybridized carbons (Fsp3) is 0.316. The number of carbonyl (C=O) groups excluding carboxylic acids is 1. The molecule has 33 heavy (non-hydrogen) atoms. The van der Waals surface area contributed by atoms with E-state index < -0.39 is 60.8 Å². The van der Waals surface area contributed by atoms with Crippen molar-refractivity contribution >= 4 is 17.6 Å². The fourth-order valence-electron chi connectivity index (χ4n) is 2.67. The highest BCUT2D eigenvalue weighted by Crippen LogP contribution is 2.39. The summed E-state index contributed by atoms with van der Waals surface area (Å²) in [6.45, 7) is -2.70. The quantitative estimate of drug-likeness (QED) is 0.588. The van der Waals surface area contributed by atoms with E-state index in [0.29, 0.717) is 0 Å². The van der Waals surface area contributed by atoms with E-state index in [1.165, 1.54) is 0 Å². The smallest absolute Gasteiger partial charge is 0.340 e. The Kier molecular flexibility index (Phi) is 6.65. The number of aliphatic imine (C=N–C) groups is 1. The number of rotatable bonds is 7. The second kappa shape index (κ2) is 9.11. The minimum atomic E-state index is -4.37. The first-order chi connectivity index (χ1) is 15.4. The number of nitrogens with one attached hydrogen (secondary N) is 1. The summed E-state index contributed by atoms with van der Waals surface area (Å²) in [4.78, 5) is 19.4. The average Bonchev–Trinajstić information content (AvgIpc) is 2.76. The summed E-state index contributed by atoms with van der Waals surface area (Å²) < 4.78 is 102. The topological polar surface area (TPSA) is 98.8 Å². The Morgan fingerprint density at radius 3 is 2.67 bits per heavy atom. The lowest BCUT2D eigenvalue weighted by Crippen LogP contribution is -2.40. The van der Waals surface area contributed by atoms with Crippen molar-refractivity contribution in [3.05, 3.63) is 53.6 Å². The minimum absolute atomic E-state index is 0.0776. The molecule has 0 aliphatic carbocycles. The number of anilines is 1. The van der Waals surface area contributed by atoms with Gasteiger partial charge in [0.05, 0.1) is 6.20 Å². The van der Waals surface area contributed by atoms with Gasteiger partial charge in [0.25, 0.3) is 11.9 Å². The third kappa shape index (κ3) is 5.62. The number of carbonyl (C=O) groups is 1. The third-order valence-electron chi connectivity index (χ3n) is 4.34. The molecule has 1 aliphatic rings. The van der Waals surface area contributed by atoms with E-state index in [4.69, 9.17) is 5.73 Å². The highest BCUT2D eigenvalue weighted by atomic mass is 19.3. The summed E-state index contributed by atoms with van der Waals surface area (Å²) in [5, 5.41) is 2.31. The maximum absolute atomic E-state index is 14.2. The molecule has 1 atom stereocenters. The molecule has 1 aromatic heterocycles. The van der Waals surface area contributed by atoms with Crippen molar-refractivity contribution in [3.8, 4) is 5.75 Å². The number of alkyl halides is 6. The predicted molar refractivity (Wildman–Crippen MR) is 100 cm³/mol. The van der Waals surface area contributed by atoms with Gasteiger partial charge in [0, 0.05) is 11.3 Å². The molecule has 0 spiro atoms. The number of halogens is 7. The van der Waals surface area contributed by atoms with Crippen LogP contribution in [0.5, 0.6) is 5.75 Å². The van der Waals surface area contributed by atoms with Gasteiger partial charge in [-0.3, -0.25) is 4.79 Å². The summed E-state index contributed by atoms with van der Waals surface area (Å²) in [6, 6.07) is 2.45. The molecule has 14 heteroatoms. The fourth-order valence-corrected chi connectivity index (χ4v) is 2.67. The summed E-state index contributed by atoms with van der Waals surface area (Å²) in [6.07, 6.45) is -3.06. The SMILES string of the molecule is NC1=NC(c2cc(NC(=O)c3ccc(OCC(F)(F)C(F)F)cn3)ccc2F)C(F)(F)CO1. The van der Waals surface area contributed by atoms with Crippen LogP contribution in [0.25, 0.3) is 0 Å². The summed E-state index contributed by atoms with van der Waals surface area (Å²) >= 11 is 0. The molecule has 1 amide bonds. The number of benzene rings is 1. The van der Waals surface area contributed by atoms with Crippen molar-refractivity contribution in [2.45, 2.75) is 24.3 Å². The Labute approximate surface area is 181 Å².